The average Bonchev–Trinajstić information content (AvgIpc) is 3.88. The van der Waals surface area contributed by atoms with Crippen LogP contribution in [0, 0.1) is 11.8 Å². The number of carbonyl (C=O) groups excluding carboxylic acids is 1. The highest BCUT2D eigenvalue weighted by atomic mass is 16.6. The first kappa shape index (κ1) is 32.4. The lowest BCUT2D eigenvalue weighted by atomic mass is 9.86. The second-order valence-electron chi connectivity index (χ2n) is 15.3. The first-order valence-electron chi connectivity index (χ1n) is 17.5. The summed E-state index contributed by atoms with van der Waals surface area (Å²) in [7, 11) is 1.68. The molecule has 0 radical (unpaired) electrons. The van der Waals surface area contributed by atoms with Crippen LogP contribution in [0.15, 0.2) is 36.5 Å². The summed E-state index contributed by atoms with van der Waals surface area (Å²) in [6.07, 6.45) is 3.73. The Kier molecular flexibility index (Phi) is 7.89. The topological polar surface area (TPSA) is 146 Å². The second-order valence-corrected chi connectivity index (χ2v) is 15.3. The number of aromatic amines is 2. The molecule has 262 valence electrons. The molecule has 8 rings (SSSR count). The van der Waals surface area contributed by atoms with Crippen molar-refractivity contribution in [2.75, 3.05) is 26.8 Å². The van der Waals surface area contributed by atoms with Gasteiger partial charge in [0.05, 0.1) is 42.0 Å². The minimum absolute atomic E-state index is 0.193. The summed E-state index contributed by atoms with van der Waals surface area (Å²) < 4.78 is 17.5. The number of H-pyrrole nitrogens is 2. The van der Waals surface area contributed by atoms with Gasteiger partial charge in [-0.25, -0.2) is 19.6 Å². The number of nitrogens with one attached hydrogen (secondary N) is 2. The van der Waals surface area contributed by atoms with E-state index in [1.165, 1.54) is 10.5 Å². The van der Waals surface area contributed by atoms with E-state index in [2.05, 4.69) is 47.2 Å². The fourth-order valence-electron chi connectivity index (χ4n) is 8.17. The molecule has 0 saturated carbocycles. The van der Waals surface area contributed by atoms with E-state index in [0.717, 1.165) is 88.0 Å². The maximum Gasteiger partial charge on any atom is 0.410 e. The van der Waals surface area contributed by atoms with Crippen molar-refractivity contribution in [3.63, 3.8) is 0 Å². The van der Waals surface area contributed by atoms with Crippen LogP contribution < -0.4 is 4.74 Å². The van der Waals surface area contributed by atoms with Crippen LogP contribution in [0.25, 0.3) is 33.6 Å². The number of methoxy groups -OCH3 is 1. The molecule has 3 aliphatic heterocycles. The summed E-state index contributed by atoms with van der Waals surface area (Å²) in [5.41, 5.74) is 8.81. The maximum absolute atomic E-state index is 13.2. The van der Waals surface area contributed by atoms with Crippen molar-refractivity contribution in [1.29, 1.82) is 0 Å². The van der Waals surface area contributed by atoms with Gasteiger partial charge in [-0.3, -0.25) is 9.80 Å². The van der Waals surface area contributed by atoms with Gasteiger partial charge in [0, 0.05) is 37.2 Å². The van der Waals surface area contributed by atoms with Crippen LogP contribution in [0.3, 0.4) is 0 Å². The minimum atomic E-state index is -0.902. The fourth-order valence-corrected chi connectivity index (χ4v) is 8.17. The van der Waals surface area contributed by atoms with Crippen LogP contribution in [0.1, 0.15) is 81.1 Å². The van der Waals surface area contributed by atoms with E-state index in [-0.39, 0.29) is 30.0 Å². The molecule has 12 heteroatoms. The molecule has 2 amide bonds. The smallest absolute Gasteiger partial charge is 0.410 e. The Hall–Kier alpha value is -4.84. The number of aryl methyl sites for hydroxylation is 2. The quantitative estimate of drug-likeness (QED) is 0.202. The molecule has 0 unspecified atom stereocenters. The minimum Gasteiger partial charge on any atom is -0.488 e. The van der Waals surface area contributed by atoms with Crippen LogP contribution in [0.2, 0.25) is 0 Å². The van der Waals surface area contributed by atoms with Crippen LogP contribution in [0.4, 0.5) is 9.59 Å². The lowest BCUT2D eigenvalue weighted by Gasteiger charge is -2.27. The highest BCUT2D eigenvalue weighted by Gasteiger charge is 2.40. The van der Waals surface area contributed by atoms with Gasteiger partial charge in [0.25, 0.3) is 0 Å². The number of nitrogens with zero attached hydrogens (tertiary/aromatic N) is 4. The largest absolute Gasteiger partial charge is 0.488 e. The Morgan fingerprint density at radius 2 is 1.80 bits per heavy atom. The monoisotopic (exact) mass is 680 g/mol. The van der Waals surface area contributed by atoms with Gasteiger partial charge in [-0.15, -0.1) is 0 Å². The predicted octanol–water partition coefficient (Wildman–Crippen LogP) is 7.13. The normalized spacial score (nSPS) is 22.4. The van der Waals surface area contributed by atoms with Crippen molar-refractivity contribution >= 4 is 12.2 Å². The predicted molar refractivity (Wildman–Crippen MR) is 186 cm³/mol. The molecule has 5 heterocycles. The zero-order chi connectivity index (χ0) is 34.9. The molecule has 4 aromatic rings. The lowest BCUT2D eigenvalue weighted by Crippen LogP contribution is -2.37. The van der Waals surface area contributed by atoms with Crippen molar-refractivity contribution in [3.05, 3.63) is 65.0 Å². The number of aromatic nitrogens is 4. The summed E-state index contributed by atoms with van der Waals surface area (Å²) in [5, 5.41) is 9.79. The number of ether oxygens (including phenoxy) is 3. The molecule has 4 atom stereocenters. The van der Waals surface area contributed by atoms with Crippen LogP contribution in [0.5, 0.6) is 5.75 Å². The SMILES string of the molecule is COC[C@H]1C[C@@H](c2ncc(-c3ccc4c(c3)COc3cc5c(cc3-4)CCc3nc([C@@H]4C[C@H](C)CN4C(=O)O)[nH]c3-5)[nH]2)N(C(=O)OC(C)(C)C)C1. The van der Waals surface area contributed by atoms with E-state index in [4.69, 9.17) is 24.2 Å². The molecule has 2 saturated heterocycles. The second kappa shape index (κ2) is 12.2. The number of imidazole rings is 2. The molecule has 2 aromatic carbocycles. The fraction of sp³-hybridized carbons (Fsp3) is 0.474. The van der Waals surface area contributed by atoms with Gasteiger partial charge < -0.3 is 29.3 Å². The highest BCUT2D eigenvalue weighted by Crippen LogP contribution is 2.46. The van der Waals surface area contributed by atoms with Crippen molar-refractivity contribution in [2.45, 2.75) is 77.7 Å². The van der Waals surface area contributed by atoms with E-state index in [1.807, 2.05) is 27.0 Å². The summed E-state index contributed by atoms with van der Waals surface area (Å²) in [5.74, 6) is 2.77. The number of carbonyl (C=O) groups is 2. The molecule has 0 spiro atoms. The molecular weight excluding hydrogens is 636 g/mol. The Morgan fingerprint density at radius 1 is 0.980 bits per heavy atom. The van der Waals surface area contributed by atoms with Gasteiger partial charge >= 0.3 is 12.2 Å². The Bertz CT molecular complexity index is 1980. The number of likely N-dealkylation sites (tertiary alicyclic amines) is 2. The van der Waals surface area contributed by atoms with E-state index in [9.17, 15) is 14.7 Å². The van der Waals surface area contributed by atoms with E-state index < -0.39 is 11.7 Å². The molecular formula is C38H44N6O6. The third-order valence-electron chi connectivity index (χ3n) is 10.4. The number of rotatable bonds is 5. The van der Waals surface area contributed by atoms with Crippen LogP contribution in [-0.2, 0) is 28.9 Å². The van der Waals surface area contributed by atoms with Gasteiger partial charge in [0.15, 0.2) is 0 Å². The molecule has 2 fully saturated rings. The van der Waals surface area contributed by atoms with E-state index in [1.54, 1.807) is 12.0 Å². The van der Waals surface area contributed by atoms with Gasteiger partial charge in [-0.1, -0.05) is 19.1 Å². The summed E-state index contributed by atoms with van der Waals surface area (Å²) >= 11 is 0. The summed E-state index contributed by atoms with van der Waals surface area (Å²) in [6, 6.07) is 10.3. The van der Waals surface area contributed by atoms with Crippen LogP contribution >= 0.6 is 0 Å². The van der Waals surface area contributed by atoms with Crippen molar-refractivity contribution in [1.82, 2.24) is 29.7 Å². The lowest BCUT2D eigenvalue weighted by molar-refractivity contribution is 0.0208. The first-order chi connectivity index (χ1) is 24.0. The number of carboxylic acid groups (broad SMARTS) is 1. The van der Waals surface area contributed by atoms with Gasteiger partial charge in [-0.05, 0) is 92.8 Å². The van der Waals surface area contributed by atoms with Crippen molar-refractivity contribution in [3.8, 4) is 39.4 Å². The number of fused-ring (bicyclic) bond motifs is 6. The Labute approximate surface area is 291 Å². The van der Waals surface area contributed by atoms with Crippen molar-refractivity contribution < 1.29 is 28.9 Å². The zero-order valence-corrected chi connectivity index (χ0v) is 29.2. The summed E-state index contributed by atoms with van der Waals surface area (Å²) in [6.45, 7) is 9.78. The highest BCUT2D eigenvalue weighted by molar-refractivity contribution is 5.83. The van der Waals surface area contributed by atoms with Gasteiger partial charge in [0.1, 0.15) is 29.6 Å². The standard InChI is InChI=1S/C38H44N6O6/c1-20-10-30(43(16-20)36(45)46)35-40-28-9-7-22-13-27-25-8-6-23(12-24(25)19-49-32(27)14-26(22)33(28)42-35)29-15-39-34(41-29)31-11-21(18-48-5)17-44(31)37(47)50-38(2,3)4/h6,8,12-15,20-21,30-31H,7,9-11,16-19H2,1-5H3,(H,39,41)(H,40,42)(H,45,46)/t20-,21-,30-,31-/m0/s1. The van der Waals surface area contributed by atoms with Crippen molar-refractivity contribution in [2.24, 2.45) is 11.8 Å². The molecule has 0 bridgehead atoms. The summed E-state index contributed by atoms with van der Waals surface area (Å²) in [4.78, 5) is 45.0. The third-order valence-corrected chi connectivity index (χ3v) is 10.4. The van der Waals surface area contributed by atoms with E-state index >= 15 is 0 Å². The molecule has 1 aliphatic carbocycles. The van der Waals surface area contributed by atoms with Gasteiger partial charge in [0.2, 0.25) is 0 Å². The van der Waals surface area contributed by atoms with Crippen LogP contribution in [-0.4, -0.2) is 79.4 Å². The first-order valence-corrected chi connectivity index (χ1v) is 17.5. The van der Waals surface area contributed by atoms with E-state index in [0.29, 0.717) is 26.3 Å². The Balaban J connectivity index is 1.05. The molecule has 4 aliphatic rings. The molecule has 3 N–H and O–H groups in total. The Morgan fingerprint density at radius 3 is 2.58 bits per heavy atom. The molecule has 12 nitrogen and oxygen atoms in total. The molecule has 50 heavy (non-hydrogen) atoms. The number of hydrogen-bond donors (Lipinski definition) is 3. The maximum atomic E-state index is 13.2. The molecule has 2 aromatic heterocycles. The number of amides is 2. The number of hydrogen-bond acceptors (Lipinski definition) is 7. The zero-order valence-electron chi connectivity index (χ0n) is 29.2. The number of benzene rings is 2. The average molecular weight is 681 g/mol. The van der Waals surface area contributed by atoms with Gasteiger partial charge in [-0.2, -0.15) is 0 Å². The third kappa shape index (κ3) is 5.78.